The fourth-order valence-corrected chi connectivity index (χ4v) is 5.19. The third-order valence-electron chi connectivity index (χ3n) is 6.80. The average Bonchev–Trinajstić information content (AvgIpc) is 2.83. The lowest BCUT2D eigenvalue weighted by atomic mass is 9.70. The summed E-state index contributed by atoms with van der Waals surface area (Å²) in [5.41, 5.74) is 1.82. The minimum absolute atomic E-state index is 0.123. The van der Waals surface area contributed by atoms with Crippen molar-refractivity contribution in [1.29, 1.82) is 5.26 Å². The van der Waals surface area contributed by atoms with Crippen LogP contribution in [0, 0.1) is 11.3 Å². The minimum Gasteiger partial charge on any atom is -0.465 e. The summed E-state index contributed by atoms with van der Waals surface area (Å²) in [5, 5.41) is 24.5. The van der Waals surface area contributed by atoms with Crippen molar-refractivity contribution < 1.29 is 14.7 Å². The molecule has 2 amide bonds. The zero-order chi connectivity index (χ0) is 24.3. The van der Waals surface area contributed by atoms with E-state index in [0.29, 0.717) is 36.5 Å². The van der Waals surface area contributed by atoms with Crippen LogP contribution in [-0.4, -0.2) is 35.1 Å². The number of halogens is 1. The predicted octanol–water partition coefficient (Wildman–Crippen LogP) is 5.64. The van der Waals surface area contributed by atoms with Crippen LogP contribution >= 0.6 is 11.6 Å². The molecule has 1 saturated heterocycles. The molecule has 0 spiro atoms. The van der Waals surface area contributed by atoms with Crippen LogP contribution in [0.25, 0.3) is 10.8 Å². The van der Waals surface area contributed by atoms with Crippen LogP contribution in [-0.2, 0) is 10.2 Å². The second-order valence-corrected chi connectivity index (χ2v) is 9.36. The van der Waals surface area contributed by atoms with E-state index in [9.17, 15) is 20.0 Å². The van der Waals surface area contributed by atoms with E-state index in [-0.39, 0.29) is 18.4 Å². The summed E-state index contributed by atoms with van der Waals surface area (Å²) in [4.78, 5) is 26.2. The molecular formula is C27H26ClN3O3. The van der Waals surface area contributed by atoms with Crippen LogP contribution in [0.4, 0.5) is 4.79 Å². The Morgan fingerprint density at radius 2 is 1.88 bits per heavy atom. The number of nitrogens with one attached hydrogen (secondary N) is 1. The summed E-state index contributed by atoms with van der Waals surface area (Å²) in [6.45, 7) is 2.62. The van der Waals surface area contributed by atoms with Gasteiger partial charge in [0.25, 0.3) is 0 Å². The maximum Gasteiger partial charge on any atom is 0.407 e. The summed E-state index contributed by atoms with van der Waals surface area (Å²) in [5.74, 6) is -0.123. The lowest BCUT2D eigenvalue weighted by Gasteiger charge is -2.41. The fourth-order valence-electron chi connectivity index (χ4n) is 4.95. The van der Waals surface area contributed by atoms with E-state index in [4.69, 9.17) is 11.6 Å². The SMILES string of the molecule is CC(NC(=O)CC1(c2cccc(C#N)c2)CCN(C(=O)O)CC1)c1cc(Cl)cc2ccccc12. The van der Waals surface area contributed by atoms with Gasteiger partial charge in [0.05, 0.1) is 17.7 Å². The van der Waals surface area contributed by atoms with Crippen molar-refractivity contribution in [3.63, 3.8) is 0 Å². The van der Waals surface area contributed by atoms with E-state index in [1.807, 2.05) is 61.5 Å². The lowest BCUT2D eigenvalue weighted by molar-refractivity contribution is -0.123. The van der Waals surface area contributed by atoms with Crippen molar-refractivity contribution >= 4 is 34.4 Å². The number of hydrogen-bond acceptors (Lipinski definition) is 3. The van der Waals surface area contributed by atoms with Crippen LogP contribution < -0.4 is 5.32 Å². The fraction of sp³-hybridized carbons (Fsp3) is 0.296. The monoisotopic (exact) mass is 475 g/mol. The van der Waals surface area contributed by atoms with Gasteiger partial charge in [-0.1, -0.05) is 48.0 Å². The first-order valence-corrected chi connectivity index (χ1v) is 11.7. The van der Waals surface area contributed by atoms with Crippen molar-refractivity contribution in [3.05, 3.63) is 82.4 Å². The van der Waals surface area contributed by atoms with Gasteiger partial charge < -0.3 is 15.3 Å². The molecule has 1 atom stereocenters. The lowest BCUT2D eigenvalue weighted by Crippen LogP contribution is -2.47. The van der Waals surface area contributed by atoms with E-state index >= 15 is 0 Å². The maximum atomic E-state index is 13.3. The number of carbonyl (C=O) groups excluding carboxylic acids is 1. The van der Waals surface area contributed by atoms with Gasteiger partial charge in [-0.15, -0.1) is 0 Å². The van der Waals surface area contributed by atoms with Crippen LogP contribution in [0.1, 0.15) is 48.9 Å². The molecule has 0 saturated carbocycles. The molecule has 1 aliphatic rings. The molecule has 1 aliphatic heterocycles. The second kappa shape index (κ2) is 9.74. The molecule has 3 aromatic carbocycles. The Morgan fingerprint density at radius 3 is 2.59 bits per heavy atom. The van der Waals surface area contributed by atoms with Crippen molar-refractivity contribution in [1.82, 2.24) is 10.2 Å². The molecule has 0 radical (unpaired) electrons. The van der Waals surface area contributed by atoms with Gasteiger partial charge in [0, 0.05) is 29.9 Å². The molecular weight excluding hydrogens is 450 g/mol. The first-order valence-electron chi connectivity index (χ1n) is 11.3. The summed E-state index contributed by atoms with van der Waals surface area (Å²) in [7, 11) is 0. The zero-order valence-corrected chi connectivity index (χ0v) is 19.7. The molecule has 4 rings (SSSR count). The molecule has 0 bridgehead atoms. The van der Waals surface area contributed by atoms with E-state index < -0.39 is 11.5 Å². The van der Waals surface area contributed by atoms with Gasteiger partial charge in [-0.3, -0.25) is 4.79 Å². The maximum absolute atomic E-state index is 13.3. The summed E-state index contributed by atoms with van der Waals surface area (Å²) < 4.78 is 0. The molecule has 3 aromatic rings. The highest BCUT2D eigenvalue weighted by molar-refractivity contribution is 6.31. The van der Waals surface area contributed by atoms with Crippen molar-refractivity contribution in [2.45, 2.75) is 37.6 Å². The summed E-state index contributed by atoms with van der Waals surface area (Å²) in [6, 6.07) is 20.9. The zero-order valence-electron chi connectivity index (χ0n) is 18.9. The number of piperidine rings is 1. The van der Waals surface area contributed by atoms with Crippen LogP contribution in [0.5, 0.6) is 0 Å². The molecule has 34 heavy (non-hydrogen) atoms. The largest absolute Gasteiger partial charge is 0.465 e. The average molecular weight is 476 g/mol. The number of benzene rings is 3. The van der Waals surface area contributed by atoms with Crippen molar-refractivity contribution in [2.24, 2.45) is 0 Å². The Hall–Kier alpha value is -3.56. The van der Waals surface area contributed by atoms with Gasteiger partial charge in [0.2, 0.25) is 5.91 Å². The summed E-state index contributed by atoms with van der Waals surface area (Å²) in [6.07, 6.45) is 0.273. The first kappa shape index (κ1) is 23.6. The Labute approximate surface area is 203 Å². The Morgan fingerprint density at radius 1 is 1.15 bits per heavy atom. The summed E-state index contributed by atoms with van der Waals surface area (Å²) >= 11 is 6.34. The molecule has 174 valence electrons. The van der Waals surface area contributed by atoms with Crippen LogP contribution in [0.2, 0.25) is 5.02 Å². The topological polar surface area (TPSA) is 93.4 Å². The number of nitriles is 1. The molecule has 1 fully saturated rings. The molecule has 1 unspecified atom stereocenters. The molecule has 2 N–H and O–H groups in total. The van der Waals surface area contributed by atoms with E-state index in [1.165, 1.54) is 4.90 Å². The van der Waals surface area contributed by atoms with E-state index in [2.05, 4.69) is 11.4 Å². The number of amides is 2. The van der Waals surface area contributed by atoms with Crippen LogP contribution in [0.3, 0.4) is 0 Å². The second-order valence-electron chi connectivity index (χ2n) is 8.92. The van der Waals surface area contributed by atoms with Gasteiger partial charge in [-0.05, 0) is 65.9 Å². The van der Waals surface area contributed by atoms with Crippen molar-refractivity contribution in [3.8, 4) is 6.07 Å². The van der Waals surface area contributed by atoms with Gasteiger partial charge in [0.1, 0.15) is 0 Å². The number of hydrogen-bond donors (Lipinski definition) is 2. The van der Waals surface area contributed by atoms with Gasteiger partial charge >= 0.3 is 6.09 Å². The number of carboxylic acid groups (broad SMARTS) is 1. The van der Waals surface area contributed by atoms with Crippen LogP contribution in [0.15, 0.2) is 60.7 Å². The number of fused-ring (bicyclic) bond motifs is 1. The normalized spacial score (nSPS) is 16.0. The molecule has 1 heterocycles. The van der Waals surface area contributed by atoms with E-state index in [0.717, 1.165) is 21.9 Å². The number of rotatable bonds is 5. The third kappa shape index (κ3) is 4.85. The Kier molecular flexibility index (Phi) is 6.76. The molecule has 7 heteroatoms. The standard InChI is InChI=1S/C27H26ClN3O3/c1-18(24-15-22(28)14-20-6-2-3-8-23(20)24)30-25(32)16-27(9-11-31(12-10-27)26(33)34)21-7-4-5-19(13-21)17-29/h2-8,13-15,18H,9-12,16H2,1H3,(H,30,32)(H,33,34). The highest BCUT2D eigenvalue weighted by Crippen LogP contribution is 2.39. The Balaban J connectivity index is 1.59. The number of likely N-dealkylation sites (tertiary alicyclic amines) is 1. The smallest absolute Gasteiger partial charge is 0.407 e. The predicted molar refractivity (Wildman–Crippen MR) is 132 cm³/mol. The first-order chi connectivity index (χ1) is 16.3. The highest BCUT2D eigenvalue weighted by Gasteiger charge is 2.39. The highest BCUT2D eigenvalue weighted by atomic mass is 35.5. The number of carbonyl (C=O) groups is 2. The van der Waals surface area contributed by atoms with Gasteiger partial charge in [-0.2, -0.15) is 5.26 Å². The Bertz CT molecular complexity index is 1280. The quantitative estimate of drug-likeness (QED) is 0.499. The van der Waals surface area contributed by atoms with Gasteiger partial charge in [0.15, 0.2) is 0 Å². The van der Waals surface area contributed by atoms with Gasteiger partial charge in [-0.25, -0.2) is 4.79 Å². The minimum atomic E-state index is -0.953. The third-order valence-corrected chi connectivity index (χ3v) is 7.01. The van der Waals surface area contributed by atoms with E-state index in [1.54, 1.807) is 6.07 Å². The van der Waals surface area contributed by atoms with Crippen molar-refractivity contribution in [2.75, 3.05) is 13.1 Å². The number of nitrogens with zero attached hydrogens (tertiary/aromatic N) is 2. The molecule has 0 aromatic heterocycles. The molecule has 6 nitrogen and oxygen atoms in total. The molecule has 0 aliphatic carbocycles.